The van der Waals surface area contributed by atoms with Crippen molar-refractivity contribution in [3.05, 3.63) is 24.0 Å². The zero-order valence-corrected chi connectivity index (χ0v) is 15.9. The van der Waals surface area contributed by atoms with Crippen molar-refractivity contribution < 1.29 is 27.4 Å². The second-order valence-electron chi connectivity index (χ2n) is 7.17. The van der Waals surface area contributed by atoms with Crippen molar-refractivity contribution in [1.29, 1.82) is 0 Å². The fourth-order valence-electron chi connectivity index (χ4n) is 3.60. The lowest BCUT2D eigenvalue weighted by Crippen LogP contribution is -2.41. The molecule has 1 saturated heterocycles. The Balaban J connectivity index is 1.74. The highest BCUT2D eigenvalue weighted by molar-refractivity contribution is 7.89. The van der Waals surface area contributed by atoms with E-state index in [1.54, 1.807) is 0 Å². The number of carbonyl (C=O) groups excluding carboxylic acids is 1. The first kappa shape index (κ1) is 20.2. The summed E-state index contributed by atoms with van der Waals surface area (Å²) in [5.74, 6) is -1.29. The highest BCUT2D eigenvalue weighted by atomic mass is 32.2. The Morgan fingerprint density at radius 3 is 2.56 bits per heavy atom. The van der Waals surface area contributed by atoms with Crippen LogP contribution in [0.1, 0.15) is 38.5 Å². The number of benzene rings is 1. The van der Waals surface area contributed by atoms with Gasteiger partial charge in [-0.25, -0.2) is 12.8 Å². The van der Waals surface area contributed by atoms with Gasteiger partial charge in [-0.3, -0.25) is 4.79 Å². The van der Waals surface area contributed by atoms with Gasteiger partial charge in [-0.15, -0.1) is 0 Å². The molecule has 1 aliphatic carbocycles. The van der Waals surface area contributed by atoms with Crippen LogP contribution < -0.4 is 5.32 Å². The van der Waals surface area contributed by atoms with Crippen molar-refractivity contribution in [2.45, 2.75) is 49.0 Å². The third-order valence-electron chi connectivity index (χ3n) is 5.08. The molecule has 1 saturated carbocycles. The Labute approximate surface area is 158 Å². The minimum absolute atomic E-state index is 0.0596. The molecule has 0 unspecified atom stereocenters. The van der Waals surface area contributed by atoms with Gasteiger partial charge in [0.25, 0.3) is 0 Å². The summed E-state index contributed by atoms with van der Waals surface area (Å²) in [6.45, 7) is 0.836. The molecule has 9 heteroatoms. The normalized spacial score (nSPS) is 21.0. The quantitative estimate of drug-likeness (QED) is 0.787. The van der Waals surface area contributed by atoms with Gasteiger partial charge in [0.15, 0.2) is 0 Å². The fraction of sp³-hybridized carbons (Fsp3) is 0.611. The summed E-state index contributed by atoms with van der Waals surface area (Å²) < 4.78 is 45.9. The number of rotatable bonds is 5. The number of sulfonamides is 1. The van der Waals surface area contributed by atoms with E-state index < -0.39 is 32.2 Å². The SMILES string of the molecule is O=C(CC1(O)CCCCC1)Nc1ccc(F)c(S(=O)(=O)N2CCOCC2)c1. The number of hydrogen-bond donors (Lipinski definition) is 2. The Morgan fingerprint density at radius 1 is 1.22 bits per heavy atom. The number of nitrogens with zero attached hydrogens (tertiary/aromatic N) is 1. The van der Waals surface area contributed by atoms with Crippen LogP contribution in [0.5, 0.6) is 0 Å². The van der Waals surface area contributed by atoms with Gasteiger partial charge in [-0.2, -0.15) is 4.31 Å². The third-order valence-corrected chi connectivity index (χ3v) is 6.99. The number of carbonyl (C=O) groups is 1. The molecule has 1 aromatic rings. The maximum atomic E-state index is 14.2. The number of ether oxygens (including phenoxy) is 1. The zero-order chi connectivity index (χ0) is 19.5. The van der Waals surface area contributed by atoms with Crippen molar-refractivity contribution in [3.63, 3.8) is 0 Å². The van der Waals surface area contributed by atoms with Crippen LogP contribution in [-0.4, -0.2) is 55.6 Å². The van der Waals surface area contributed by atoms with E-state index in [9.17, 15) is 22.7 Å². The molecule has 1 heterocycles. The Morgan fingerprint density at radius 2 is 1.89 bits per heavy atom. The van der Waals surface area contributed by atoms with Crippen LogP contribution in [-0.2, 0) is 19.6 Å². The molecule has 2 aliphatic rings. The molecule has 7 nitrogen and oxygen atoms in total. The van der Waals surface area contributed by atoms with Gasteiger partial charge < -0.3 is 15.2 Å². The van der Waals surface area contributed by atoms with E-state index in [-0.39, 0.29) is 38.4 Å². The van der Waals surface area contributed by atoms with E-state index in [1.165, 1.54) is 10.4 Å². The van der Waals surface area contributed by atoms with Crippen molar-refractivity contribution >= 4 is 21.6 Å². The number of nitrogens with one attached hydrogen (secondary N) is 1. The van der Waals surface area contributed by atoms with Crippen LogP contribution in [0, 0.1) is 5.82 Å². The van der Waals surface area contributed by atoms with Crippen molar-refractivity contribution in [2.24, 2.45) is 0 Å². The van der Waals surface area contributed by atoms with Crippen molar-refractivity contribution in [1.82, 2.24) is 4.31 Å². The van der Waals surface area contributed by atoms with Gasteiger partial charge in [0.2, 0.25) is 15.9 Å². The fourth-order valence-corrected chi connectivity index (χ4v) is 5.09. The lowest BCUT2D eigenvalue weighted by Gasteiger charge is -2.31. The second-order valence-corrected chi connectivity index (χ2v) is 9.08. The highest BCUT2D eigenvalue weighted by Gasteiger charge is 2.32. The van der Waals surface area contributed by atoms with Gasteiger partial charge in [0.05, 0.1) is 25.2 Å². The molecule has 2 N–H and O–H groups in total. The average Bonchev–Trinajstić information content (AvgIpc) is 2.64. The summed E-state index contributed by atoms with van der Waals surface area (Å²) in [5, 5.41) is 13.1. The predicted octanol–water partition coefficient (Wildman–Crippen LogP) is 1.87. The number of anilines is 1. The lowest BCUT2D eigenvalue weighted by atomic mass is 9.82. The van der Waals surface area contributed by atoms with Crippen LogP contribution in [0.3, 0.4) is 0 Å². The van der Waals surface area contributed by atoms with Gasteiger partial charge in [0.1, 0.15) is 10.7 Å². The average molecular weight is 400 g/mol. The summed E-state index contributed by atoms with van der Waals surface area (Å²) in [7, 11) is -4.01. The van der Waals surface area contributed by atoms with Crippen LogP contribution in [0.15, 0.2) is 23.1 Å². The molecule has 1 aliphatic heterocycles. The molecule has 0 radical (unpaired) electrons. The van der Waals surface area contributed by atoms with Crippen LogP contribution in [0.2, 0.25) is 0 Å². The third kappa shape index (κ3) is 4.84. The van der Waals surface area contributed by atoms with Gasteiger partial charge in [-0.05, 0) is 31.0 Å². The second kappa shape index (κ2) is 8.22. The van der Waals surface area contributed by atoms with E-state index in [2.05, 4.69) is 5.32 Å². The molecule has 27 heavy (non-hydrogen) atoms. The van der Waals surface area contributed by atoms with Gasteiger partial charge >= 0.3 is 0 Å². The van der Waals surface area contributed by atoms with Crippen molar-refractivity contribution in [2.75, 3.05) is 31.6 Å². The smallest absolute Gasteiger partial charge is 0.246 e. The molecule has 2 fully saturated rings. The highest BCUT2D eigenvalue weighted by Crippen LogP contribution is 2.31. The first-order valence-corrected chi connectivity index (χ1v) is 10.6. The Hall–Kier alpha value is -1.55. The number of aliphatic hydroxyl groups is 1. The molecule has 0 atom stereocenters. The molecule has 150 valence electrons. The Bertz CT molecular complexity index is 787. The summed E-state index contributed by atoms with van der Waals surface area (Å²) in [4.78, 5) is 11.8. The molecule has 0 aromatic heterocycles. The van der Waals surface area contributed by atoms with E-state index in [4.69, 9.17) is 4.74 Å². The molecule has 3 rings (SSSR count). The molecular weight excluding hydrogens is 375 g/mol. The molecular formula is C18H25FN2O5S. The number of amides is 1. The van der Waals surface area contributed by atoms with E-state index in [0.29, 0.717) is 12.8 Å². The Kier molecular flexibility index (Phi) is 6.15. The van der Waals surface area contributed by atoms with Crippen LogP contribution >= 0.6 is 0 Å². The predicted molar refractivity (Wildman–Crippen MR) is 97.3 cm³/mol. The van der Waals surface area contributed by atoms with Gasteiger partial charge in [0, 0.05) is 18.8 Å². The minimum atomic E-state index is -4.01. The van der Waals surface area contributed by atoms with E-state index in [1.807, 2.05) is 0 Å². The van der Waals surface area contributed by atoms with Gasteiger partial charge in [-0.1, -0.05) is 19.3 Å². The topological polar surface area (TPSA) is 95.9 Å². The minimum Gasteiger partial charge on any atom is -0.389 e. The van der Waals surface area contributed by atoms with E-state index >= 15 is 0 Å². The monoisotopic (exact) mass is 400 g/mol. The number of halogens is 1. The van der Waals surface area contributed by atoms with Crippen molar-refractivity contribution in [3.8, 4) is 0 Å². The lowest BCUT2D eigenvalue weighted by molar-refractivity contribution is -0.122. The maximum Gasteiger partial charge on any atom is 0.246 e. The summed E-state index contributed by atoms with van der Waals surface area (Å²) in [6.07, 6.45) is 3.88. The summed E-state index contributed by atoms with van der Waals surface area (Å²) in [6, 6.07) is 3.47. The summed E-state index contributed by atoms with van der Waals surface area (Å²) in [5.41, 5.74) is -0.835. The largest absolute Gasteiger partial charge is 0.389 e. The maximum absolute atomic E-state index is 14.2. The zero-order valence-electron chi connectivity index (χ0n) is 15.1. The molecule has 1 aromatic carbocycles. The summed E-state index contributed by atoms with van der Waals surface area (Å²) >= 11 is 0. The molecule has 1 amide bonds. The molecule has 0 spiro atoms. The van der Waals surface area contributed by atoms with Crippen LogP contribution in [0.25, 0.3) is 0 Å². The number of hydrogen-bond acceptors (Lipinski definition) is 5. The first-order valence-electron chi connectivity index (χ1n) is 9.20. The van der Waals surface area contributed by atoms with E-state index in [0.717, 1.165) is 31.4 Å². The van der Waals surface area contributed by atoms with Crippen LogP contribution in [0.4, 0.5) is 10.1 Å². The number of morpholine rings is 1. The standard InChI is InChI=1S/C18H25FN2O5S/c19-15-5-4-14(20-17(22)13-18(23)6-2-1-3-7-18)12-16(15)27(24,25)21-8-10-26-11-9-21/h4-5,12,23H,1-3,6-11,13H2,(H,20,22). The molecule has 0 bridgehead atoms. The first-order chi connectivity index (χ1) is 12.8.